The lowest BCUT2D eigenvalue weighted by Gasteiger charge is -2.15. The number of methoxy groups -OCH3 is 1. The summed E-state index contributed by atoms with van der Waals surface area (Å²) in [7, 11) is 1.67. The van der Waals surface area contributed by atoms with Crippen LogP contribution in [0.15, 0.2) is 72.8 Å². The van der Waals surface area contributed by atoms with Gasteiger partial charge in [-0.2, -0.15) is 0 Å². The van der Waals surface area contributed by atoms with Crippen molar-refractivity contribution in [3.8, 4) is 17.2 Å². The highest BCUT2D eigenvalue weighted by molar-refractivity contribution is 7.80. The van der Waals surface area contributed by atoms with Crippen LogP contribution in [0.5, 0.6) is 17.2 Å². The third kappa shape index (κ3) is 6.22. The van der Waals surface area contributed by atoms with Crippen LogP contribution >= 0.6 is 12.2 Å². The highest BCUT2D eigenvalue weighted by Crippen LogP contribution is 2.29. The van der Waals surface area contributed by atoms with E-state index in [-0.39, 0.29) is 0 Å². The Morgan fingerprint density at radius 3 is 2.33 bits per heavy atom. The molecule has 0 fully saturated rings. The van der Waals surface area contributed by atoms with Crippen molar-refractivity contribution in [1.82, 2.24) is 5.32 Å². The predicted molar refractivity (Wildman–Crippen MR) is 125 cm³/mol. The SMILES string of the molecule is CCOc1cc(C(=S)NCCc2ccc(OC)cc2)ccc1OCc1ccccc1. The van der Waals surface area contributed by atoms with Crippen molar-refractivity contribution in [2.75, 3.05) is 20.3 Å². The van der Waals surface area contributed by atoms with E-state index in [1.165, 1.54) is 5.56 Å². The second-order valence-corrected chi connectivity index (χ2v) is 7.13. The first-order valence-electron chi connectivity index (χ1n) is 10.0. The number of hydrogen-bond acceptors (Lipinski definition) is 4. The monoisotopic (exact) mass is 421 g/mol. The van der Waals surface area contributed by atoms with E-state index < -0.39 is 0 Å². The highest BCUT2D eigenvalue weighted by atomic mass is 32.1. The van der Waals surface area contributed by atoms with Crippen molar-refractivity contribution in [3.05, 3.63) is 89.5 Å². The zero-order valence-electron chi connectivity index (χ0n) is 17.4. The molecular formula is C25H27NO3S. The summed E-state index contributed by atoms with van der Waals surface area (Å²) < 4.78 is 17.0. The maximum Gasteiger partial charge on any atom is 0.161 e. The largest absolute Gasteiger partial charge is 0.497 e. The van der Waals surface area contributed by atoms with E-state index in [2.05, 4.69) is 17.4 Å². The van der Waals surface area contributed by atoms with Crippen molar-refractivity contribution in [1.29, 1.82) is 0 Å². The van der Waals surface area contributed by atoms with E-state index in [0.717, 1.165) is 29.8 Å². The average Bonchev–Trinajstić information content (AvgIpc) is 2.79. The van der Waals surface area contributed by atoms with Crippen LogP contribution in [0, 0.1) is 0 Å². The van der Waals surface area contributed by atoms with Crippen LogP contribution in [0.25, 0.3) is 0 Å². The van der Waals surface area contributed by atoms with Crippen LogP contribution in [0.1, 0.15) is 23.6 Å². The van der Waals surface area contributed by atoms with Gasteiger partial charge >= 0.3 is 0 Å². The molecule has 0 unspecified atom stereocenters. The molecule has 0 spiro atoms. The van der Waals surface area contributed by atoms with Gasteiger partial charge in [-0.1, -0.05) is 54.7 Å². The number of hydrogen-bond donors (Lipinski definition) is 1. The summed E-state index contributed by atoms with van der Waals surface area (Å²) in [6.07, 6.45) is 0.876. The van der Waals surface area contributed by atoms with Gasteiger partial charge in [0.1, 0.15) is 17.3 Å². The normalized spacial score (nSPS) is 10.3. The van der Waals surface area contributed by atoms with E-state index in [9.17, 15) is 0 Å². The molecule has 0 atom stereocenters. The van der Waals surface area contributed by atoms with E-state index in [0.29, 0.717) is 29.7 Å². The summed E-state index contributed by atoms with van der Waals surface area (Å²) in [6, 6.07) is 24.0. The van der Waals surface area contributed by atoms with Crippen molar-refractivity contribution in [3.63, 3.8) is 0 Å². The topological polar surface area (TPSA) is 39.7 Å². The summed E-state index contributed by atoms with van der Waals surface area (Å²) in [4.78, 5) is 0.694. The Bertz CT molecular complexity index is 942. The van der Waals surface area contributed by atoms with Gasteiger partial charge in [0.15, 0.2) is 11.5 Å². The zero-order valence-corrected chi connectivity index (χ0v) is 18.2. The molecule has 0 bridgehead atoms. The van der Waals surface area contributed by atoms with Crippen LogP contribution in [0.2, 0.25) is 0 Å². The van der Waals surface area contributed by atoms with Crippen molar-refractivity contribution in [2.24, 2.45) is 0 Å². The molecule has 156 valence electrons. The molecule has 3 aromatic rings. The Hall–Kier alpha value is -3.05. The van der Waals surface area contributed by atoms with Crippen LogP contribution < -0.4 is 19.5 Å². The molecule has 0 aliphatic carbocycles. The standard InChI is InChI=1S/C25H27NO3S/c1-3-28-24-17-21(11-14-23(24)29-18-20-7-5-4-6-8-20)25(30)26-16-15-19-9-12-22(27-2)13-10-19/h4-14,17H,3,15-16,18H2,1-2H3,(H,26,30). The lowest BCUT2D eigenvalue weighted by molar-refractivity contribution is 0.269. The number of thiocarbonyl (C=S) groups is 1. The summed E-state index contributed by atoms with van der Waals surface area (Å²) in [5, 5.41) is 3.33. The fraction of sp³-hybridized carbons (Fsp3) is 0.240. The van der Waals surface area contributed by atoms with Gasteiger partial charge in [-0.15, -0.1) is 0 Å². The fourth-order valence-electron chi connectivity index (χ4n) is 2.99. The molecule has 5 heteroatoms. The Balaban J connectivity index is 1.58. The molecule has 30 heavy (non-hydrogen) atoms. The molecule has 4 nitrogen and oxygen atoms in total. The molecule has 0 radical (unpaired) electrons. The molecule has 3 rings (SSSR count). The molecule has 1 N–H and O–H groups in total. The van der Waals surface area contributed by atoms with Crippen LogP contribution in [-0.2, 0) is 13.0 Å². The average molecular weight is 422 g/mol. The summed E-state index contributed by atoms with van der Waals surface area (Å²) in [6.45, 7) is 3.76. The molecule has 0 aliphatic rings. The molecule has 0 aromatic heterocycles. The van der Waals surface area contributed by atoms with Crippen LogP contribution in [0.4, 0.5) is 0 Å². The van der Waals surface area contributed by atoms with E-state index in [1.54, 1.807) is 7.11 Å². The molecule has 0 saturated carbocycles. The first-order valence-corrected chi connectivity index (χ1v) is 10.4. The van der Waals surface area contributed by atoms with Gasteiger partial charge in [0, 0.05) is 12.1 Å². The molecule has 0 aliphatic heterocycles. The van der Waals surface area contributed by atoms with E-state index >= 15 is 0 Å². The van der Waals surface area contributed by atoms with Gasteiger partial charge in [-0.05, 0) is 54.8 Å². The minimum absolute atomic E-state index is 0.491. The smallest absolute Gasteiger partial charge is 0.161 e. The molecular weight excluding hydrogens is 394 g/mol. The minimum atomic E-state index is 0.491. The highest BCUT2D eigenvalue weighted by Gasteiger charge is 2.10. The minimum Gasteiger partial charge on any atom is -0.497 e. The Morgan fingerprint density at radius 2 is 1.63 bits per heavy atom. The maximum absolute atomic E-state index is 5.97. The van der Waals surface area contributed by atoms with Crippen molar-refractivity contribution in [2.45, 2.75) is 20.0 Å². The number of ether oxygens (including phenoxy) is 3. The maximum atomic E-state index is 5.97. The molecule has 0 amide bonds. The van der Waals surface area contributed by atoms with Crippen LogP contribution in [0.3, 0.4) is 0 Å². The Morgan fingerprint density at radius 1 is 0.867 bits per heavy atom. The lowest BCUT2D eigenvalue weighted by atomic mass is 10.1. The predicted octanol–water partition coefficient (Wildman–Crippen LogP) is 5.18. The van der Waals surface area contributed by atoms with Gasteiger partial charge in [-0.3, -0.25) is 0 Å². The molecule has 0 heterocycles. The van der Waals surface area contributed by atoms with Crippen molar-refractivity contribution < 1.29 is 14.2 Å². The van der Waals surface area contributed by atoms with Crippen molar-refractivity contribution >= 4 is 17.2 Å². The fourth-order valence-corrected chi connectivity index (χ4v) is 3.22. The molecule has 0 saturated heterocycles. The Labute approximate surface area is 183 Å². The summed E-state index contributed by atoms with van der Waals surface area (Å²) >= 11 is 5.58. The molecule has 3 aromatic carbocycles. The first-order chi connectivity index (χ1) is 14.7. The van der Waals surface area contributed by atoms with E-state index in [1.807, 2.05) is 67.6 Å². The number of nitrogens with one attached hydrogen (secondary N) is 1. The van der Waals surface area contributed by atoms with Gasteiger partial charge in [0.05, 0.1) is 13.7 Å². The quantitative estimate of drug-likeness (QED) is 0.457. The number of rotatable bonds is 10. The third-order valence-electron chi connectivity index (χ3n) is 4.60. The second-order valence-electron chi connectivity index (χ2n) is 6.72. The summed E-state index contributed by atoms with van der Waals surface area (Å²) in [5.41, 5.74) is 3.25. The summed E-state index contributed by atoms with van der Waals surface area (Å²) in [5.74, 6) is 2.27. The van der Waals surface area contributed by atoms with Gasteiger partial charge in [0.2, 0.25) is 0 Å². The third-order valence-corrected chi connectivity index (χ3v) is 4.98. The second kappa shape index (κ2) is 11.2. The lowest BCUT2D eigenvalue weighted by Crippen LogP contribution is -2.24. The van der Waals surface area contributed by atoms with Gasteiger partial charge < -0.3 is 19.5 Å². The van der Waals surface area contributed by atoms with E-state index in [4.69, 9.17) is 26.4 Å². The van der Waals surface area contributed by atoms with Gasteiger partial charge in [-0.25, -0.2) is 0 Å². The van der Waals surface area contributed by atoms with Crippen LogP contribution in [-0.4, -0.2) is 25.2 Å². The zero-order chi connectivity index (χ0) is 21.2. The van der Waals surface area contributed by atoms with Gasteiger partial charge in [0.25, 0.3) is 0 Å². The number of benzene rings is 3. The Kier molecular flexibility index (Phi) is 8.10. The first kappa shape index (κ1) is 21.7.